The van der Waals surface area contributed by atoms with Crippen molar-refractivity contribution in [3.8, 4) is 0 Å². The maximum absolute atomic E-state index is 9.50. The van der Waals surface area contributed by atoms with Crippen molar-refractivity contribution in [2.45, 2.75) is 12.1 Å². The third-order valence-corrected chi connectivity index (χ3v) is 1.57. The van der Waals surface area contributed by atoms with Gasteiger partial charge in [-0.2, -0.15) is 0 Å². The van der Waals surface area contributed by atoms with Crippen molar-refractivity contribution >= 4 is 0 Å². The van der Waals surface area contributed by atoms with Crippen molar-refractivity contribution in [2.24, 2.45) is 0 Å². The zero-order valence-corrected chi connectivity index (χ0v) is 5.99. The zero-order valence-electron chi connectivity index (χ0n) is 5.99. The van der Waals surface area contributed by atoms with Gasteiger partial charge in [-0.3, -0.25) is 0 Å². The van der Waals surface area contributed by atoms with E-state index in [1.54, 1.807) is 6.08 Å². The molecule has 4 N–H and O–H groups in total. The average Bonchev–Trinajstić information content (AvgIpc) is 1.96. The highest BCUT2D eigenvalue weighted by Gasteiger charge is 2.30. The zero-order chi connectivity index (χ0) is 8.32. The SMILES string of the molecule is OCCC1(O)NC=CC=C1O. The number of aliphatic hydroxyl groups is 3. The molecule has 0 spiro atoms. The van der Waals surface area contributed by atoms with Crippen LogP contribution in [0, 0.1) is 0 Å². The van der Waals surface area contributed by atoms with Gasteiger partial charge in [-0.15, -0.1) is 0 Å². The highest BCUT2D eigenvalue weighted by Crippen LogP contribution is 2.17. The Labute approximate surface area is 64.5 Å². The van der Waals surface area contributed by atoms with E-state index in [2.05, 4.69) is 5.32 Å². The lowest BCUT2D eigenvalue weighted by molar-refractivity contribution is -0.00629. The van der Waals surface area contributed by atoms with Crippen LogP contribution in [0.5, 0.6) is 0 Å². The molecule has 0 aromatic heterocycles. The second-order valence-corrected chi connectivity index (χ2v) is 2.39. The maximum Gasteiger partial charge on any atom is 0.196 e. The number of allylic oxidation sites excluding steroid dienone is 2. The van der Waals surface area contributed by atoms with Crippen molar-refractivity contribution in [3.05, 3.63) is 24.1 Å². The summed E-state index contributed by atoms with van der Waals surface area (Å²) in [6.45, 7) is -0.185. The molecule has 1 rings (SSSR count). The second-order valence-electron chi connectivity index (χ2n) is 2.39. The largest absolute Gasteiger partial charge is 0.507 e. The van der Waals surface area contributed by atoms with Crippen LogP contribution in [0.2, 0.25) is 0 Å². The summed E-state index contributed by atoms with van der Waals surface area (Å²) in [7, 11) is 0. The number of hydrogen-bond acceptors (Lipinski definition) is 4. The molecule has 11 heavy (non-hydrogen) atoms. The van der Waals surface area contributed by atoms with Crippen LogP contribution in [0.1, 0.15) is 6.42 Å². The molecule has 1 aliphatic heterocycles. The van der Waals surface area contributed by atoms with Crippen LogP contribution in [-0.2, 0) is 0 Å². The lowest BCUT2D eigenvalue weighted by Gasteiger charge is -2.28. The Morgan fingerprint density at radius 2 is 2.27 bits per heavy atom. The Morgan fingerprint density at radius 1 is 1.55 bits per heavy atom. The van der Waals surface area contributed by atoms with Crippen molar-refractivity contribution in [3.63, 3.8) is 0 Å². The first kappa shape index (κ1) is 8.10. The topological polar surface area (TPSA) is 72.7 Å². The van der Waals surface area contributed by atoms with Gasteiger partial charge in [0.05, 0.1) is 0 Å². The molecule has 0 aromatic rings. The molecule has 0 saturated heterocycles. The van der Waals surface area contributed by atoms with E-state index in [1.807, 2.05) is 0 Å². The Hall–Kier alpha value is -1.00. The fourth-order valence-electron chi connectivity index (χ4n) is 0.899. The minimum Gasteiger partial charge on any atom is -0.507 e. The Kier molecular flexibility index (Phi) is 2.16. The molecule has 1 unspecified atom stereocenters. The molecule has 0 fully saturated rings. The molecule has 0 radical (unpaired) electrons. The van der Waals surface area contributed by atoms with Crippen molar-refractivity contribution in [1.82, 2.24) is 5.32 Å². The van der Waals surface area contributed by atoms with Gasteiger partial charge in [0, 0.05) is 13.0 Å². The summed E-state index contributed by atoms with van der Waals surface area (Å²) in [4.78, 5) is 0. The van der Waals surface area contributed by atoms with E-state index in [0.717, 1.165) is 0 Å². The van der Waals surface area contributed by atoms with Gasteiger partial charge in [-0.1, -0.05) is 0 Å². The standard InChI is InChI=1S/C7H11NO3/c9-5-3-7(11)6(10)2-1-4-8-7/h1-2,4,8-11H,3,5H2. The average molecular weight is 157 g/mol. The molecule has 0 aliphatic carbocycles. The summed E-state index contributed by atoms with van der Waals surface area (Å²) in [5, 5.41) is 29.7. The van der Waals surface area contributed by atoms with E-state index in [1.165, 1.54) is 12.3 Å². The van der Waals surface area contributed by atoms with E-state index in [9.17, 15) is 5.11 Å². The molecule has 62 valence electrons. The summed E-state index contributed by atoms with van der Waals surface area (Å²) in [6.07, 6.45) is 4.53. The lowest BCUT2D eigenvalue weighted by Crippen LogP contribution is -2.46. The summed E-state index contributed by atoms with van der Waals surface area (Å²) in [5.74, 6) is -0.172. The van der Waals surface area contributed by atoms with E-state index < -0.39 is 5.72 Å². The van der Waals surface area contributed by atoms with E-state index >= 15 is 0 Å². The Bertz CT molecular complexity index is 200. The fraction of sp³-hybridized carbons (Fsp3) is 0.429. The molecule has 0 saturated carbocycles. The van der Waals surface area contributed by atoms with Crippen LogP contribution >= 0.6 is 0 Å². The van der Waals surface area contributed by atoms with Crippen molar-refractivity contribution in [1.29, 1.82) is 0 Å². The smallest absolute Gasteiger partial charge is 0.196 e. The number of aliphatic hydroxyl groups excluding tert-OH is 2. The van der Waals surface area contributed by atoms with Gasteiger partial charge < -0.3 is 20.6 Å². The van der Waals surface area contributed by atoms with Gasteiger partial charge in [-0.05, 0) is 18.4 Å². The predicted octanol–water partition coefficient (Wildman–Crippen LogP) is -0.384. The molecule has 0 bridgehead atoms. The number of hydrogen-bond donors (Lipinski definition) is 4. The summed E-state index contributed by atoms with van der Waals surface area (Å²) in [6, 6.07) is 0. The number of nitrogens with one attached hydrogen (secondary N) is 1. The van der Waals surface area contributed by atoms with Gasteiger partial charge >= 0.3 is 0 Å². The normalized spacial score (nSPS) is 29.5. The minimum absolute atomic E-state index is 0.0691. The van der Waals surface area contributed by atoms with Crippen molar-refractivity contribution < 1.29 is 15.3 Å². The second kappa shape index (κ2) is 2.94. The summed E-state index contributed by atoms with van der Waals surface area (Å²) >= 11 is 0. The monoisotopic (exact) mass is 157 g/mol. The number of dihydropyridines is 1. The van der Waals surface area contributed by atoms with Crippen LogP contribution < -0.4 is 5.32 Å². The minimum atomic E-state index is -1.48. The van der Waals surface area contributed by atoms with E-state index in [4.69, 9.17) is 10.2 Å². The first-order valence-corrected chi connectivity index (χ1v) is 3.36. The van der Waals surface area contributed by atoms with Crippen LogP contribution in [0.25, 0.3) is 0 Å². The molecular formula is C7H11NO3. The van der Waals surface area contributed by atoms with Gasteiger partial charge in [0.15, 0.2) is 5.72 Å². The summed E-state index contributed by atoms with van der Waals surface area (Å²) < 4.78 is 0. The molecule has 0 amide bonds. The number of rotatable bonds is 2. The third-order valence-electron chi connectivity index (χ3n) is 1.57. The predicted molar refractivity (Wildman–Crippen MR) is 39.6 cm³/mol. The first-order chi connectivity index (χ1) is 5.19. The van der Waals surface area contributed by atoms with Crippen molar-refractivity contribution in [2.75, 3.05) is 6.61 Å². The van der Waals surface area contributed by atoms with Gasteiger partial charge in [0.25, 0.3) is 0 Å². The maximum atomic E-state index is 9.50. The Balaban J connectivity index is 2.71. The molecule has 1 aliphatic rings. The third kappa shape index (κ3) is 1.53. The van der Waals surface area contributed by atoms with Crippen LogP contribution in [-0.4, -0.2) is 27.7 Å². The van der Waals surface area contributed by atoms with Crippen LogP contribution in [0.4, 0.5) is 0 Å². The van der Waals surface area contributed by atoms with Crippen LogP contribution in [0.3, 0.4) is 0 Å². The van der Waals surface area contributed by atoms with Gasteiger partial charge in [0.2, 0.25) is 0 Å². The van der Waals surface area contributed by atoms with Crippen LogP contribution in [0.15, 0.2) is 24.1 Å². The highest BCUT2D eigenvalue weighted by molar-refractivity contribution is 5.20. The molecule has 4 heteroatoms. The lowest BCUT2D eigenvalue weighted by atomic mass is 10.1. The molecule has 1 atom stereocenters. The van der Waals surface area contributed by atoms with Gasteiger partial charge in [0.1, 0.15) is 5.76 Å². The first-order valence-electron chi connectivity index (χ1n) is 3.36. The van der Waals surface area contributed by atoms with Gasteiger partial charge in [-0.25, -0.2) is 0 Å². The molecule has 0 aromatic carbocycles. The highest BCUT2D eigenvalue weighted by atomic mass is 16.4. The molecule has 1 heterocycles. The fourth-order valence-corrected chi connectivity index (χ4v) is 0.899. The summed E-state index contributed by atoms with van der Waals surface area (Å²) in [5.41, 5.74) is -1.48. The van der Waals surface area contributed by atoms with E-state index in [0.29, 0.717) is 0 Å². The van der Waals surface area contributed by atoms with E-state index in [-0.39, 0.29) is 18.8 Å². The quantitative estimate of drug-likeness (QED) is 0.441. The molecular weight excluding hydrogens is 146 g/mol. The molecule has 4 nitrogen and oxygen atoms in total. The Morgan fingerprint density at radius 3 is 2.82 bits per heavy atom.